The van der Waals surface area contributed by atoms with E-state index in [2.05, 4.69) is 22.5 Å². The molecule has 1 aliphatic heterocycles. The Morgan fingerprint density at radius 1 is 0.800 bits per heavy atom. The van der Waals surface area contributed by atoms with Crippen LogP contribution in [0.4, 0.5) is 0 Å². The molecule has 2 aromatic rings. The molecule has 1 heterocycles. The number of fused-ring (bicyclic) bond motifs is 1. The van der Waals surface area contributed by atoms with E-state index < -0.39 is 9.84 Å². The Kier molecular flexibility index (Phi) is 19.6. The largest absolute Gasteiger partial charge is 0.379 e. The fourth-order valence-corrected chi connectivity index (χ4v) is 7.11. The highest BCUT2D eigenvalue weighted by Gasteiger charge is 2.27. The fourth-order valence-electron chi connectivity index (χ4n) is 5.26. The lowest BCUT2D eigenvalue weighted by molar-refractivity contribution is -0.131. The SMILES string of the molecule is CCCCOCCOCCNC(=O)COCC(=O)NCCOCCOCCCS(=O)(=O)c1ccc(C2CN(C)Cc3c(Cl)cc(Cl)cc32)cc1. The van der Waals surface area contributed by atoms with E-state index in [0.29, 0.717) is 56.0 Å². The average Bonchev–Trinajstić information content (AvgIpc) is 3.08. The third-order valence-corrected chi connectivity index (χ3v) is 10.2. The second kappa shape index (κ2) is 23.3. The summed E-state index contributed by atoms with van der Waals surface area (Å²) in [5.41, 5.74) is 3.12. The van der Waals surface area contributed by atoms with E-state index in [1.54, 1.807) is 18.2 Å². The number of ether oxygens (including phenoxy) is 5. The molecule has 12 nitrogen and oxygen atoms in total. The molecule has 2 N–H and O–H groups in total. The molecule has 0 radical (unpaired) electrons. The van der Waals surface area contributed by atoms with Gasteiger partial charge in [-0.15, -0.1) is 0 Å². The summed E-state index contributed by atoms with van der Waals surface area (Å²) >= 11 is 12.8. The van der Waals surface area contributed by atoms with Crippen LogP contribution in [0.25, 0.3) is 0 Å². The Labute approximate surface area is 306 Å². The molecule has 1 unspecified atom stereocenters. The van der Waals surface area contributed by atoms with Gasteiger partial charge < -0.3 is 39.2 Å². The molecule has 2 amide bonds. The first-order chi connectivity index (χ1) is 24.1. The Hall–Kier alpha value is -2.33. The molecule has 280 valence electrons. The van der Waals surface area contributed by atoms with Gasteiger partial charge in [0.1, 0.15) is 13.2 Å². The van der Waals surface area contributed by atoms with Crippen LogP contribution < -0.4 is 10.6 Å². The molecule has 2 aromatic carbocycles. The van der Waals surface area contributed by atoms with Gasteiger partial charge in [-0.1, -0.05) is 48.7 Å². The summed E-state index contributed by atoms with van der Waals surface area (Å²) < 4.78 is 52.7. The molecule has 15 heteroatoms. The van der Waals surface area contributed by atoms with E-state index in [4.69, 9.17) is 46.9 Å². The number of unbranched alkanes of at least 4 members (excludes halogenated alkanes) is 1. The number of carbonyl (C=O) groups excluding carboxylic acids is 2. The van der Waals surface area contributed by atoms with Gasteiger partial charge in [-0.2, -0.15) is 0 Å². The highest BCUT2D eigenvalue weighted by Crippen LogP contribution is 2.38. The number of carbonyl (C=O) groups is 2. The van der Waals surface area contributed by atoms with Crippen molar-refractivity contribution in [2.75, 3.05) is 98.5 Å². The number of hydrogen-bond donors (Lipinski definition) is 2. The maximum atomic E-state index is 12.9. The van der Waals surface area contributed by atoms with Crippen LogP contribution >= 0.6 is 23.2 Å². The van der Waals surface area contributed by atoms with Crippen molar-refractivity contribution in [2.45, 2.75) is 43.5 Å². The number of rotatable bonds is 25. The molecule has 50 heavy (non-hydrogen) atoms. The van der Waals surface area contributed by atoms with E-state index in [9.17, 15) is 18.0 Å². The predicted octanol–water partition coefficient (Wildman–Crippen LogP) is 3.85. The van der Waals surface area contributed by atoms with Crippen LogP contribution in [-0.2, 0) is 49.7 Å². The Morgan fingerprint density at radius 2 is 1.36 bits per heavy atom. The van der Waals surface area contributed by atoms with Gasteiger partial charge in [-0.25, -0.2) is 8.42 Å². The van der Waals surface area contributed by atoms with E-state index in [0.717, 1.165) is 49.2 Å². The summed E-state index contributed by atoms with van der Waals surface area (Å²) in [5, 5.41) is 6.52. The number of benzene rings is 2. The van der Waals surface area contributed by atoms with Gasteiger partial charge in [0.05, 0.1) is 50.3 Å². The number of nitrogens with zero attached hydrogens (tertiary/aromatic N) is 1. The first-order valence-electron chi connectivity index (χ1n) is 17.0. The normalized spacial score (nSPS) is 14.8. The Morgan fingerprint density at radius 3 is 1.94 bits per heavy atom. The van der Waals surface area contributed by atoms with Gasteiger partial charge in [-0.3, -0.25) is 9.59 Å². The van der Waals surface area contributed by atoms with Gasteiger partial charge in [0.25, 0.3) is 0 Å². The number of nitrogens with one attached hydrogen (secondary N) is 2. The van der Waals surface area contributed by atoms with Crippen molar-refractivity contribution in [1.29, 1.82) is 0 Å². The highest BCUT2D eigenvalue weighted by atomic mass is 35.5. The number of amides is 2. The van der Waals surface area contributed by atoms with Crippen LogP contribution in [0.2, 0.25) is 10.0 Å². The predicted molar refractivity (Wildman–Crippen MR) is 193 cm³/mol. The summed E-state index contributed by atoms with van der Waals surface area (Å²) in [6.07, 6.45) is 2.46. The lowest BCUT2D eigenvalue weighted by Crippen LogP contribution is -2.34. The maximum Gasteiger partial charge on any atom is 0.246 e. The van der Waals surface area contributed by atoms with Crippen LogP contribution in [-0.4, -0.2) is 124 Å². The Bertz CT molecular complexity index is 1430. The summed E-state index contributed by atoms with van der Waals surface area (Å²) in [5.74, 6) is -0.693. The van der Waals surface area contributed by atoms with E-state index in [1.807, 2.05) is 25.2 Å². The van der Waals surface area contributed by atoms with Crippen molar-refractivity contribution in [2.24, 2.45) is 0 Å². The quantitative estimate of drug-likeness (QED) is 0.144. The van der Waals surface area contributed by atoms with Crippen LogP contribution in [0.1, 0.15) is 48.8 Å². The Balaban J connectivity index is 1.19. The minimum absolute atomic E-state index is 0.0324. The van der Waals surface area contributed by atoms with Crippen LogP contribution in [0.3, 0.4) is 0 Å². The second-order valence-corrected chi connectivity index (χ2v) is 14.9. The van der Waals surface area contributed by atoms with Crippen LogP contribution in [0, 0.1) is 0 Å². The van der Waals surface area contributed by atoms with Crippen molar-refractivity contribution < 1.29 is 41.7 Å². The molecule has 0 spiro atoms. The monoisotopic (exact) mass is 759 g/mol. The summed E-state index contributed by atoms with van der Waals surface area (Å²) in [6.45, 7) is 6.99. The number of hydrogen-bond acceptors (Lipinski definition) is 10. The first-order valence-corrected chi connectivity index (χ1v) is 19.4. The topological polar surface area (TPSA) is 142 Å². The fraction of sp³-hybridized carbons (Fsp3) is 0.600. The summed E-state index contributed by atoms with van der Waals surface area (Å²) in [4.78, 5) is 26.1. The van der Waals surface area contributed by atoms with Crippen molar-refractivity contribution >= 4 is 44.9 Å². The summed E-state index contributed by atoms with van der Waals surface area (Å²) in [7, 11) is -1.44. The molecule has 0 saturated heterocycles. The first kappa shape index (κ1) is 42.1. The average molecular weight is 761 g/mol. The molecule has 1 atom stereocenters. The molecule has 0 saturated carbocycles. The molecule has 0 aliphatic carbocycles. The smallest absolute Gasteiger partial charge is 0.246 e. The zero-order valence-electron chi connectivity index (χ0n) is 29.1. The molecular formula is C35H51Cl2N3O9S. The zero-order valence-corrected chi connectivity index (χ0v) is 31.4. The van der Waals surface area contributed by atoms with Gasteiger partial charge in [0, 0.05) is 55.4 Å². The molecule has 0 fully saturated rings. The van der Waals surface area contributed by atoms with Gasteiger partial charge >= 0.3 is 0 Å². The molecule has 0 bridgehead atoms. The van der Waals surface area contributed by atoms with Gasteiger partial charge in [0.15, 0.2) is 9.84 Å². The molecule has 1 aliphatic rings. The van der Waals surface area contributed by atoms with E-state index >= 15 is 0 Å². The van der Waals surface area contributed by atoms with Crippen molar-refractivity contribution in [3.05, 3.63) is 63.1 Å². The molecule has 0 aromatic heterocycles. The summed E-state index contributed by atoms with van der Waals surface area (Å²) in [6, 6.07) is 10.8. The van der Waals surface area contributed by atoms with Gasteiger partial charge in [0.2, 0.25) is 11.8 Å². The molecular weight excluding hydrogens is 709 g/mol. The number of halogens is 2. The van der Waals surface area contributed by atoms with Crippen molar-refractivity contribution in [1.82, 2.24) is 15.5 Å². The highest BCUT2D eigenvalue weighted by molar-refractivity contribution is 7.91. The molecule has 3 rings (SSSR count). The van der Waals surface area contributed by atoms with E-state index in [-0.39, 0.29) is 61.4 Å². The lowest BCUT2D eigenvalue weighted by atomic mass is 9.85. The number of sulfone groups is 1. The van der Waals surface area contributed by atoms with Crippen molar-refractivity contribution in [3.63, 3.8) is 0 Å². The maximum absolute atomic E-state index is 12.9. The van der Waals surface area contributed by atoms with Crippen LogP contribution in [0.15, 0.2) is 41.3 Å². The zero-order chi connectivity index (χ0) is 36.2. The van der Waals surface area contributed by atoms with Crippen molar-refractivity contribution in [3.8, 4) is 0 Å². The standard InChI is InChI=1S/C35H51Cl2N3O9S/c1-3-4-12-45-16-18-47-14-10-38-34(41)25-49-26-35(42)39-11-15-48-19-17-46-13-5-20-50(43,44)29-8-6-27(7-9-29)31-23-40(2)24-32-30(31)21-28(36)22-33(32)37/h6-9,21-22,31H,3-5,10-20,23-26H2,1-2H3,(H,38,41)(H,39,42). The van der Waals surface area contributed by atoms with Crippen LogP contribution in [0.5, 0.6) is 0 Å². The van der Waals surface area contributed by atoms with Gasteiger partial charge in [-0.05, 0) is 60.8 Å². The third kappa shape index (κ3) is 15.5. The number of likely N-dealkylation sites (N-methyl/N-ethyl adjacent to an activating group) is 1. The lowest BCUT2D eigenvalue weighted by Gasteiger charge is -2.33. The second-order valence-electron chi connectivity index (χ2n) is 11.9. The van der Waals surface area contributed by atoms with E-state index in [1.165, 1.54) is 0 Å². The minimum atomic E-state index is -3.47. The minimum Gasteiger partial charge on any atom is -0.379 e. The third-order valence-electron chi connectivity index (χ3n) is 7.83.